The van der Waals surface area contributed by atoms with E-state index >= 15 is 0 Å². The van der Waals surface area contributed by atoms with Crippen molar-refractivity contribution in [3.8, 4) is 0 Å². The van der Waals surface area contributed by atoms with Crippen LogP contribution in [0.5, 0.6) is 0 Å². The van der Waals surface area contributed by atoms with Crippen LogP contribution in [0.4, 0.5) is 0 Å². The molecule has 8 heteroatoms. The van der Waals surface area contributed by atoms with E-state index in [0.717, 1.165) is 6.92 Å². The molecule has 0 aliphatic carbocycles. The Morgan fingerprint density at radius 3 is 2.05 bits per heavy atom. The third kappa shape index (κ3) is 7.72. The standard InChI is InChI=1S/C14H23NO7/c1-4-5-10(13(8(2)16)22-9(3)17)15-11(14(20)21)6-7-12(18)19/h10-11,13,15H,4-7H2,1-3H3,(H,18,19)(H,20,21). The fraction of sp³-hybridized carbons (Fsp3) is 0.714. The summed E-state index contributed by atoms with van der Waals surface area (Å²) in [5.41, 5.74) is 0. The van der Waals surface area contributed by atoms with Crippen LogP contribution >= 0.6 is 0 Å². The van der Waals surface area contributed by atoms with Gasteiger partial charge in [0.15, 0.2) is 11.9 Å². The highest BCUT2D eigenvalue weighted by atomic mass is 16.5. The molecule has 3 unspecified atom stereocenters. The van der Waals surface area contributed by atoms with Gasteiger partial charge in [0.25, 0.3) is 0 Å². The van der Waals surface area contributed by atoms with Gasteiger partial charge in [-0.25, -0.2) is 0 Å². The second-order valence-corrected chi connectivity index (χ2v) is 5.03. The monoisotopic (exact) mass is 317 g/mol. The number of aliphatic carboxylic acids is 2. The zero-order chi connectivity index (χ0) is 17.3. The number of ketones is 1. The van der Waals surface area contributed by atoms with E-state index in [4.69, 9.17) is 14.9 Å². The summed E-state index contributed by atoms with van der Waals surface area (Å²) in [6.45, 7) is 4.26. The maximum Gasteiger partial charge on any atom is 0.320 e. The van der Waals surface area contributed by atoms with Crippen LogP contribution in [-0.2, 0) is 23.9 Å². The highest BCUT2D eigenvalue weighted by molar-refractivity contribution is 5.84. The van der Waals surface area contributed by atoms with E-state index in [1.807, 2.05) is 6.92 Å². The molecule has 3 N–H and O–H groups in total. The van der Waals surface area contributed by atoms with Crippen LogP contribution in [0.1, 0.15) is 46.5 Å². The molecule has 3 atom stereocenters. The number of carboxylic acids is 2. The molecule has 0 aliphatic heterocycles. The maximum atomic E-state index is 11.7. The van der Waals surface area contributed by atoms with Gasteiger partial charge >= 0.3 is 17.9 Å². The van der Waals surface area contributed by atoms with E-state index in [1.165, 1.54) is 6.92 Å². The molecule has 0 aromatic carbocycles. The summed E-state index contributed by atoms with van der Waals surface area (Å²) in [4.78, 5) is 44.6. The SMILES string of the molecule is CCCC(NC(CCC(=O)O)C(=O)O)C(OC(C)=O)C(C)=O. The predicted octanol–water partition coefficient (Wildman–Crippen LogP) is 0.583. The Morgan fingerprint density at radius 2 is 1.68 bits per heavy atom. The molecule has 0 aliphatic rings. The summed E-state index contributed by atoms with van der Waals surface area (Å²) in [6, 6.07) is -1.81. The highest BCUT2D eigenvalue weighted by Crippen LogP contribution is 2.11. The molecule has 0 aromatic rings. The Bertz CT molecular complexity index is 421. The first-order valence-electron chi connectivity index (χ1n) is 7.07. The van der Waals surface area contributed by atoms with Crippen LogP contribution in [0.3, 0.4) is 0 Å². The van der Waals surface area contributed by atoms with Crippen molar-refractivity contribution in [2.75, 3.05) is 0 Å². The van der Waals surface area contributed by atoms with Crippen LogP contribution in [0.2, 0.25) is 0 Å². The molecule has 22 heavy (non-hydrogen) atoms. The van der Waals surface area contributed by atoms with Gasteiger partial charge in [0, 0.05) is 13.3 Å². The summed E-state index contributed by atoms with van der Waals surface area (Å²) in [6.07, 6.45) is -0.497. The lowest BCUT2D eigenvalue weighted by molar-refractivity contribution is -0.154. The van der Waals surface area contributed by atoms with Gasteiger partial charge in [-0.1, -0.05) is 13.3 Å². The second-order valence-electron chi connectivity index (χ2n) is 5.03. The summed E-state index contributed by atoms with van der Waals surface area (Å²) < 4.78 is 4.97. The maximum absolute atomic E-state index is 11.7. The summed E-state index contributed by atoms with van der Waals surface area (Å²) in [5, 5.41) is 20.5. The van der Waals surface area contributed by atoms with Crippen LogP contribution in [0.15, 0.2) is 0 Å². The number of carbonyl (C=O) groups excluding carboxylic acids is 2. The third-order valence-corrected chi connectivity index (χ3v) is 3.02. The molecule has 0 bridgehead atoms. The first kappa shape index (κ1) is 20.0. The zero-order valence-corrected chi connectivity index (χ0v) is 13.0. The molecular formula is C14H23NO7. The summed E-state index contributed by atoms with van der Waals surface area (Å²) in [5.74, 6) is -3.36. The second kappa shape index (κ2) is 9.88. The Hall–Kier alpha value is -1.96. The van der Waals surface area contributed by atoms with E-state index < -0.39 is 41.9 Å². The van der Waals surface area contributed by atoms with Gasteiger partial charge in [-0.3, -0.25) is 24.5 Å². The topological polar surface area (TPSA) is 130 Å². The number of esters is 1. The normalized spacial score (nSPS) is 14.7. The Kier molecular flexibility index (Phi) is 9.00. The third-order valence-electron chi connectivity index (χ3n) is 3.02. The zero-order valence-electron chi connectivity index (χ0n) is 13.0. The van der Waals surface area contributed by atoms with Crippen LogP contribution in [0, 0.1) is 0 Å². The Morgan fingerprint density at radius 1 is 1.09 bits per heavy atom. The van der Waals surface area contributed by atoms with Gasteiger partial charge < -0.3 is 14.9 Å². The lowest BCUT2D eigenvalue weighted by Gasteiger charge is -2.28. The number of hydrogen-bond donors (Lipinski definition) is 3. The molecule has 0 saturated heterocycles. The molecule has 126 valence electrons. The quantitative estimate of drug-likeness (QED) is 0.472. The van der Waals surface area contributed by atoms with Gasteiger partial charge in [-0.2, -0.15) is 0 Å². The number of carboxylic acid groups (broad SMARTS) is 2. The van der Waals surface area contributed by atoms with E-state index in [9.17, 15) is 19.2 Å². The van der Waals surface area contributed by atoms with Crippen LogP contribution < -0.4 is 5.32 Å². The molecule has 0 radical (unpaired) electrons. The number of ether oxygens (including phenoxy) is 1. The van der Waals surface area contributed by atoms with Crippen molar-refractivity contribution in [3.63, 3.8) is 0 Å². The number of hydrogen-bond acceptors (Lipinski definition) is 6. The lowest BCUT2D eigenvalue weighted by Crippen LogP contribution is -2.52. The van der Waals surface area contributed by atoms with Gasteiger partial charge in [0.2, 0.25) is 0 Å². The van der Waals surface area contributed by atoms with Crippen molar-refractivity contribution in [1.82, 2.24) is 5.32 Å². The molecule has 0 saturated carbocycles. The average Bonchev–Trinajstić information content (AvgIpc) is 2.38. The van der Waals surface area contributed by atoms with Crippen LogP contribution in [0.25, 0.3) is 0 Å². The minimum absolute atomic E-state index is 0.129. The Balaban J connectivity index is 5.08. The number of nitrogens with one attached hydrogen (secondary N) is 1. The molecule has 0 spiro atoms. The first-order chi connectivity index (χ1) is 10.2. The predicted molar refractivity (Wildman–Crippen MR) is 76.4 cm³/mol. The number of Topliss-reactive ketones (excluding diaryl/α,β-unsaturated/α-hetero) is 1. The van der Waals surface area contributed by atoms with Crippen molar-refractivity contribution in [2.24, 2.45) is 0 Å². The summed E-state index contributed by atoms with van der Waals surface area (Å²) >= 11 is 0. The summed E-state index contributed by atoms with van der Waals surface area (Å²) in [7, 11) is 0. The fourth-order valence-electron chi connectivity index (χ4n) is 2.06. The van der Waals surface area contributed by atoms with E-state index in [2.05, 4.69) is 5.32 Å². The van der Waals surface area contributed by atoms with Crippen molar-refractivity contribution in [2.45, 2.75) is 64.6 Å². The van der Waals surface area contributed by atoms with Gasteiger partial charge in [0.1, 0.15) is 6.04 Å². The van der Waals surface area contributed by atoms with E-state index in [1.54, 1.807) is 0 Å². The van der Waals surface area contributed by atoms with Gasteiger partial charge in [-0.05, 0) is 19.8 Å². The molecule has 0 amide bonds. The molecular weight excluding hydrogens is 294 g/mol. The average molecular weight is 317 g/mol. The van der Waals surface area contributed by atoms with E-state index in [0.29, 0.717) is 12.8 Å². The molecule has 8 nitrogen and oxygen atoms in total. The van der Waals surface area contributed by atoms with Crippen molar-refractivity contribution in [3.05, 3.63) is 0 Å². The Labute approximate surface area is 128 Å². The largest absolute Gasteiger partial charge is 0.481 e. The van der Waals surface area contributed by atoms with E-state index in [-0.39, 0.29) is 12.8 Å². The molecule has 0 heterocycles. The minimum atomic E-state index is -1.22. The van der Waals surface area contributed by atoms with Gasteiger partial charge in [-0.15, -0.1) is 0 Å². The lowest BCUT2D eigenvalue weighted by atomic mass is 10.00. The first-order valence-corrected chi connectivity index (χ1v) is 7.07. The van der Waals surface area contributed by atoms with Crippen molar-refractivity contribution in [1.29, 1.82) is 0 Å². The highest BCUT2D eigenvalue weighted by Gasteiger charge is 2.31. The van der Waals surface area contributed by atoms with Crippen molar-refractivity contribution >= 4 is 23.7 Å². The molecule has 0 fully saturated rings. The number of rotatable bonds is 11. The smallest absolute Gasteiger partial charge is 0.320 e. The molecule has 0 rings (SSSR count). The fourth-order valence-corrected chi connectivity index (χ4v) is 2.06. The van der Waals surface area contributed by atoms with Gasteiger partial charge in [0.05, 0.1) is 6.04 Å². The van der Waals surface area contributed by atoms with Crippen molar-refractivity contribution < 1.29 is 34.1 Å². The minimum Gasteiger partial charge on any atom is -0.481 e. The number of carbonyl (C=O) groups is 4. The van der Waals surface area contributed by atoms with Crippen LogP contribution in [-0.4, -0.2) is 52.1 Å². The molecule has 0 aromatic heterocycles.